The molecule has 4 rings (SSSR count). The molecule has 0 radical (unpaired) electrons. The number of urea groups is 1. The van der Waals surface area contributed by atoms with Gasteiger partial charge in [-0.05, 0) is 89.3 Å². The average molecular weight is 627 g/mol. The molecule has 0 aromatic heterocycles. The van der Waals surface area contributed by atoms with Gasteiger partial charge in [0.2, 0.25) is 0 Å². The zero-order chi connectivity index (χ0) is 29.2. The number of ether oxygens (including phenoxy) is 3. The molecule has 7 nitrogen and oxygen atoms in total. The van der Waals surface area contributed by atoms with Crippen LogP contribution in [0.15, 0.2) is 40.9 Å². The summed E-state index contributed by atoms with van der Waals surface area (Å²) in [6.45, 7) is 7.06. The maximum Gasteiger partial charge on any atom is 0.573 e. The number of nitrogens with one attached hydrogen (secondary N) is 1. The lowest BCUT2D eigenvalue weighted by atomic mass is 9.71. The molecule has 218 valence electrons. The first kappa shape index (κ1) is 30.0. The van der Waals surface area contributed by atoms with Crippen LogP contribution in [0.1, 0.15) is 74.8 Å². The van der Waals surface area contributed by atoms with Crippen molar-refractivity contribution in [2.75, 3.05) is 19.0 Å². The number of nitrogens with zero attached hydrogens (tertiary/aromatic N) is 1. The highest BCUT2D eigenvalue weighted by Gasteiger charge is 2.39. The van der Waals surface area contributed by atoms with Crippen LogP contribution < -0.4 is 14.8 Å². The summed E-state index contributed by atoms with van der Waals surface area (Å²) in [4.78, 5) is 28.0. The Morgan fingerprint density at radius 2 is 1.68 bits per heavy atom. The normalized spacial score (nSPS) is 21.1. The Labute approximate surface area is 240 Å². The van der Waals surface area contributed by atoms with Crippen LogP contribution in [0.25, 0.3) is 0 Å². The van der Waals surface area contributed by atoms with Gasteiger partial charge < -0.3 is 24.4 Å². The van der Waals surface area contributed by atoms with Crippen LogP contribution in [-0.4, -0.2) is 43.0 Å². The number of hydrogen-bond acceptors (Lipinski definition) is 5. The van der Waals surface area contributed by atoms with Crippen LogP contribution in [0.4, 0.5) is 23.7 Å². The average Bonchev–Trinajstić information content (AvgIpc) is 2.88. The summed E-state index contributed by atoms with van der Waals surface area (Å²) in [7, 11) is 1.31. The SMILES string of the molecule is COC(=O)c1cc2c(cc1Br)C(N(C(=O)Nc1ccc(OC(F)(F)F)cc1)C1CCC(C(C)(C)C)CC1)CCO2. The molecule has 2 aromatic rings. The zero-order valence-corrected chi connectivity index (χ0v) is 24.5. The first-order chi connectivity index (χ1) is 18.8. The molecule has 1 N–H and O–H groups in total. The van der Waals surface area contributed by atoms with Crippen LogP contribution in [0, 0.1) is 11.3 Å². The molecular weight excluding hydrogens is 593 g/mol. The first-order valence-corrected chi connectivity index (χ1v) is 14.1. The van der Waals surface area contributed by atoms with Crippen LogP contribution in [0.3, 0.4) is 0 Å². The molecule has 0 saturated heterocycles. The number of fused-ring (bicyclic) bond motifs is 1. The predicted octanol–water partition coefficient (Wildman–Crippen LogP) is 8.10. The minimum atomic E-state index is -4.80. The standard InChI is InChI=1S/C29H34BrF3N2O5/c1-28(2,3)17-5-9-19(10-6-17)35(27(37)34-18-7-11-20(12-8-18)40-29(31,32)33)24-13-14-39-25-16-21(26(36)38-4)23(30)15-22(24)25/h7-8,11-12,15-17,19,24H,5-6,9-10,13-14H2,1-4H3,(H,34,37). The number of hydrogen-bond donors (Lipinski definition) is 1. The molecule has 2 amide bonds. The lowest BCUT2D eigenvalue weighted by Gasteiger charge is -2.45. The van der Waals surface area contributed by atoms with Crippen LogP contribution in [-0.2, 0) is 4.74 Å². The zero-order valence-electron chi connectivity index (χ0n) is 22.9. The molecule has 40 heavy (non-hydrogen) atoms. The fraction of sp³-hybridized carbons (Fsp3) is 0.517. The maximum absolute atomic E-state index is 13.9. The molecule has 0 bridgehead atoms. The van der Waals surface area contributed by atoms with Gasteiger partial charge in [-0.2, -0.15) is 0 Å². The van der Waals surface area contributed by atoms with Crippen molar-refractivity contribution in [1.82, 2.24) is 4.90 Å². The highest BCUT2D eigenvalue weighted by atomic mass is 79.9. The Kier molecular flexibility index (Phi) is 8.92. The van der Waals surface area contributed by atoms with Gasteiger partial charge >= 0.3 is 18.4 Å². The third-order valence-corrected chi connectivity index (χ3v) is 8.39. The number of methoxy groups -OCH3 is 1. The molecule has 11 heteroatoms. The van der Waals surface area contributed by atoms with E-state index >= 15 is 0 Å². The summed E-state index contributed by atoms with van der Waals surface area (Å²) in [6, 6.07) is 7.77. The maximum atomic E-state index is 13.9. The Bertz CT molecular complexity index is 1220. The van der Waals surface area contributed by atoms with Crippen molar-refractivity contribution in [2.24, 2.45) is 11.3 Å². The minimum absolute atomic E-state index is 0.0542. The summed E-state index contributed by atoms with van der Waals surface area (Å²) >= 11 is 3.47. The van der Waals surface area contributed by atoms with Gasteiger partial charge in [0.1, 0.15) is 11.5 Å². The molecule has 0 spiro atoms. The van der Waals surface area contributed by atoms with E-state index in [0.29, 0.717) is 40.4 Å². The topological polar surface area (TPSA) is 77.1 Å². The Morgan fingerprint density at radius 1 is 1.02 bits per heavy atom. The van der Waals surface area contributed by atoms with E-state index in [9.17, 15) is 22.8 Å². The molecule has 2 aromatic carbocycles. The second-order valence-electron chi connectivity index (χ2n) is 11.3. The highest BCUT2D eigenvalue weighted by Crippen LogP contribution is 2.45. The highest BCUT2D eigenvalue weighted by molar-refractivity contribution is 9.10. The minimum Gasteiger partial charge on any atom is -0.493 e. The summed E-state index contributed by atoms with van der Waals surface area (Å²) in [5.74, 6) is 0.171. The van der Waals surface area contributed by atoms with Gasteiger partial charge in [0, 0.05) is 28.2 Å². The summed E-state index contributed by atoms with van der Waals surface area (Å²) in [5, 5.41) is 2.88. The number of amides is 2. The fourth-order valence-corrected chi connectivity index (χ4v) is 6.18. The van der Waals surface area contributed by atoms with Crippen molar-refractivity contribution in [3.63, 3.8) is 0 Å². The van der Waals surface area contributed by atoms with Gasteiger partial charge in [0.15, 0.2) is 0 Å². The monoisotopic (exact) mass is 626 g/mol. The van der Waals surface area contributed by atoms with E-state index in [1.54, 1.807) is 12.1 Å². The number of anilines is 1. The van der Waals surface area contributed by atoms with Crippen molar-refractivity contribution in [3.8, 4) is 11.5 Å². The number of benzene rings is 2. The number of rotatable bonds is 5. The largest absolute Gasteiger partial charge is 0.573 e. The second kappa shape index (κ2) is 11.9. The summed E-state index contributed by atoms with van der Waals surface area (Å²) < 4.78 is 53.0. The smallest absolute Gasteiger partial charge is 0.493 e. The number of esters is 1. The molecule has 1 aliphatic heterocycles. The molecular formula is C29H34BrF3N2O5. The van der Waals surface area contributed by atoms with E-state index in [2.05, 4.69) is 46.8 Å². The van der Waals surface area contributed by atoms with E-state index in [-0.39, 0.29) is 29.3 Å². The Morgan fingerprint density at radius 3 is 2.25 bits per heavy atom. The molecule has 1 fully saturated rings. The van der Waals surface area contributed by atoms with Crippen molar-refractivity contribution >= 4 is 33.6 Å². The first-order valence-electron chi connectivity index (χ1n) is 13.3. The van der Waals surface area contributed by atoms with Gasteiger partial charge in [-0.3, -0.25) is 0 Å². The van der Waals surface area contributed by atoms with Gasteiger partial charge in [-0.15, -0.1) is 13.2 Å². The van der Waals surface area contributed by atoms with E-state index in [1.165, 1.54) is 19.2 Å². The van der Waals surface area contributed by atoms with Crippen molar-refractivity contribution < 1.29 is 37.0 Å². The Balaban J connectivity index is 1.64. The van der Waals surface area contributed by atoms with Crippen LogP contribution >= 0.6 is 15.9 Å². The molecule has 2 aliphatic rings. The van der Waals surface area contributed by atoms with E-state index < -0.39 is 12.3 Å². The molecule has 1 heterocycles. The molecule has 1 saturated carbocycles. The van der Waals surface area contributed by atoms with Crippen LogP contribution in [0.2, 0.25) is 0 Å². The second-order valence-corrected chi connectivity index (χ2v) is 12.1. The van der Waals surface area contributed by atoms with Gasteiger partial charge in [0.25, 0.3) is 0 Å². The molecule has 1 aliphatic carbocycles. The third kappa shape index (κ3) is 7.03. The molecule has 1 atom stereocenters. The summed E-state index contributed by atoms with van der Waals surface area (Å²) in [6.07, 6.45) is -0.664. The number of carbonyl (C=O) groups excluding carboxylic acids is 2. The van der Waals surface area contributed by atoms with Crippen LogP contribution in [0.5, 0.6) is 11.5 Å². The van der Waals surface area contributed by atoms with E-state index in [4.69, 9.17) is 9.47 Å². The lowest BCUT2D eigenvalue weighted by molar-refractivity contribution is -0.274. The van der Waals surface area contributed by atoms with Gasteiger partial charge in [-0.1, -0.05) is 20.8 Å². The quantitative estimate of drug-likeness (QED) is 0.339. The fourth-order valence-electron chi connectivity index (χ4n) is 5.66. The summed E-state index contributed by atoms with van der Waals surface area (Å²) in [5.41, 5.74) is 1.61. The van der Waals surface area contributed by atoms with E-state index in [1.807, 2.05) is 4.90 Å². The van der Waals surface area contributed by atoms with Gasteiger partial charge in [-0.25, -0.2) is 9.59 Å². The Hall–Kier alpha value is -2.95. The molecule has 1 unspecified atom stereocenters. The predicted molar refractivity (Wildman–Crippen MR) is 148 cm³/mol. The van der Waals surface area contributed by atoms with Crippen molar-refractivity contribution in [3.05, 3.63) is 52.0 Å². The van der Waals surface area contributed by atoms with Crippen molar-refractivity contribution in [1.29, 1.82) is 0 Å². The number of halogens is 4. The van der Waals surface area contributed by atoms with Crippen molar-refractivity contribution in [2.45, 2.75) is 71.3 Å². The third-order valence-electron chi connectivity index (χ3n) is 7.74. The number of alkyl halides is 3. The lowest BCUT2D eigenvalue weighted by Crippen LogP contribution is -2.48. The van der Waals surface area contributed by atoms with E-state index in [0.717, 1.165) is 43.4 Å². The van der Waals surface area contributed by atoms with Gasteiger partial charge in [0.05, 0.1) is 25.3 Å². The number of carbonyl (C=O) groups is 2.